The van der Waals surface area contributed by atoms with Crippen molar-refractivity contribution in [3.05, 3.63) is 71.4 Å². The summed E-state index contributed by atoms with van der Waals surface area (Å²) in [4.78, 5) is 31.1. The first-order valence-electron chi connectivity index (χ1n) is 12.2. The van der Waals surface area contributed by atoms with Crippen molar-refractivity contribution in [1.29, 1.82) is 0 Å². The van der Waals surface area contributed by atoms with Crippen molar-refractivity contribution >= 4 is 17.4 Å². The third-order valence-corrected chi connectivity index (χ3v) is 6.46. The zero-order valence-electron chi connectivity index (χ0n) is 19.9. The molecule has 2 aliphatic rings. The second kappa shape index (κ2) is 10.2. The van der Waals surface area contributed by atoms with Gasteiger partial charge in [0.1, 0.15) is 11.4 Å². The Labute approximate surface area is 197 Å². The monoisotopic (exact) mass is 446 g/mol. The number of likely N-dealkylation sites (N-methyl/N-ethyl adjacent to an activating group) is 1. The molecular weight excluding hydrogens is 412 g/mol. The van der Waals surface area contributed by atoms with Gasteiger partial charge in [-0.05, 0) is 56.9 Å². The standard InChI is InChI=1S/C28H34N2O3/c1-4-29(19-21-11-7-5-8-12-21)26-25(22-15-17-24(18-16-22)33-20(2)3)27(31)30(28(26)32)23-13-9-6-10-14-23/h5,7-8,11-12,15-18,20,23H,4,6,9-10,13-14,19H2,1-3H3. The molecule has 5 nitrogen and oxygen atoms in total. The smallest absolute Gasteiger partial charge is 0.278 e. The van der Waals surface area contributed by atoms with Gasteiger partial charge in [0.15, 0.2) is 0 Å². The molecule has 0 N–H and O–H groups in total. The molecule has 0 saturated heterocycles. The molecule has 0 unspecified atom stereocenters. The van der Waals surface area contributed by atoms with Crippen LogP contribution in [0.5, 0.6) is 5.75 Å². The largest absolute Gasteiger partial charge is 0.491 e. The first-order valence-corrected chi connectivity index (χ1v) is 12.2. The van der Waals surface area contributed by atoms with Gasteiger partial charge in [0, 0.05) is 19.1 Å². The number of hydrogen-bond acceptors (Lipinski definition) is 4. The normalized spacial score (nSPS) is 17.3. The van der Waals surface area contributed by atoms with Crippen LogP contribution in [0.15, 0.2) is 60.3 Å². The lowest BCUT2D eigenvalue weighted by atomic mass is 9.94. The maximum absolute atomic E-state index is 13.8. The Morgan fingerprint density at radius 3 is 2.21 bits per heavy atom. The maximum Gasteiger partial charge on any atom is 0.278 e. The molecule has 0 bridgehead atoms. The van der Waals surface area contributed by atoms with Gasteiger partial charge >= 0.3 is 0 Å². The number of amides is 2. The Bertz CT molecular complexity index is 1010. The lowest BCUT2D eigenvalue weighted by molar-refractivity contribution is -0.141. The summed E-state index contributed by atoms with van der Waals surface area (Å²) in [7, 11) is 0. The van der Waals surface area contributed by atoms with Crippen molar-refractivity contribution in [3.63, 3.8) is 0 Å². The number of benzene rings is 2. The van der Waals surface area contributed by atoms with E-state index in [9.17, 15) is 9.59 Å². The van der Waals surface area contributed by atoms with Crippen molar-refractivity contribution in [1.82, 2.24) is 9.80 Å². The molecule has 2 aromatic carbocycles. The Balaban J connectivity index is 1.74. The molecule has 0 radical (unpaired) electrons. The summed E-state index contributed by atoms with van der Waals surface area (Å²) >= 11 is 0. The summed E-state index contributed by atoms with van der Waals surface area (Å²) in [6.45, 7) is 7.23. The molecule has 1 heterocycles. The highest BCUT2D eigenvalue weighted by molar-refractivity contribution is 6.35. The second-order valence-electron chi connectivity index (χ2n) is 9.19. The second-order valence-corrected chi connectivity index (χ2v) is 9.19. The summed E-state index contributed by atoms with van der Waals surface area (Å²) in [6, 6.07) is 17.7. The van der Waals surface area contributed by atoms with Crippen molar-refractivity contribution in [2.45, 2.75) is 71.6 Å². The van der Waals surface area contributed by atoms with E-state index in [1.165, 1.54) is 6.42 Å². The van der Waals surface area contributed by atoms with Gasteiger partial charge in [-0.2, -0.15) is 0 Å². The zero-order chi connectivity index (χ0) is 23.4. The van der Waals surface area contributed by atoms with Gasteiger partial charge in [-0.3, -0.25) is 14.5 Å². The number of carbonyl (C=O) groups excluding carboxylic acids is 2. The number of rotatable bonds is 8. The van der Waals surface area contributed by atoms with Gasteiger partial charge in [-0.25, -0.2) is 0 Å². The number of hydrogen-bond donors (Lipinski definition) is 0. The highest BCUT2D eigenvalue weighted by atomic mass is 16.5. The van der Waals surface area contributed by atoms with Gasteiger partial charge in [-0.1, -0.05) is 61.7 Å². The summed E-state index contributed by atoms with van der Waals surface area (Å²) in [5.41, 5.74) is 2.92. The molecule has 2 aromatic rings. The molecule has 1 aliphatic heterocycles. The minimum absolute atomic E-state index is 0.00905. The fourth-order valence-corrected chi connectivity index (χ4v) is 4.88. The van der Waals surface area contributed by atoms with Gasteiger partial charge in [-0.15, -0.1) is 0 Å². The van der Waals surface area contributed by atoms with Gasteiger partial charge in [0.05, 0.1) is 11.7 Å². The molecule has 4 rings (SSSR count). The number of imide groups is 1. The van der Waals surface area contributed by atoms with Gasteiger partial charge < -0.3 is 9.64 Å². The van der Waals surface area contributed by atoms with Crippen LogP contribution in [0.3, 0.4) is 0 Å². The highest BCUT2D eigenvalue weighted by Crippen LogP contribution is 2.37. The number of nitrogens with zero attached hydrogens (tertiary/aromatic N) is 2. The predicted octanol–water partition coefficient (Wildman–Crippen LogP) is 5.41. The zero-order valence-corrected chi connectivity index (χ0v) is 19.9. The van der Waals surface area contributed by atoms with E-state index < -0.39 is 0 Å². The van der Waals surface area contributed by atoms with E-state index in [2.05, 4.69) is 12.1 Å². The van der Waals surface area contributed by atoms with E-state index in [1.54, 1.807) is 4.90 Å². The molecule has 0 atom stereocenters. The van der Waals surface area contributed by atoms with Gasteiger partial charge in [0.25, 0.3) is 11.8 Å². The first-order chi connectivity index (χ1) is 16.0. The van der Waals surface area contributed by atoms with Crippen molar-refractivity contribution in [2.24, 2.45) is 0 Å². The molecular formula is C28H34N2O3. The third kappa shape index (κ3) is 4.97. The average molecular weight is 447 g/mol. The van der Waals surface area contributed by atoms with Crippen molar-refractivity contribution < 1.29 is 14.3 Å². The first kappa shape index (κ1) is 23.1. The Hall–Kier alpha value is -3.08. The SMILES string of the molecule is CCN(Cc1ccccc1)C1=C(c2ccc(OC(C)C)cc2)C(=O)N(C2CCCCC2)C1=O. The van der Waals surface area contributed by atoms with Crippen molar-refractivity contribution in [3.8, 4) is 5.75 Å². The number of ether oxygens (including phenoxy) is 1. The van der Waals surface area contributed by atoms with Crippen LogP contribution in [0.2, 0.25) is 0 Å². The van der Waals surface area contributed by atoms with E-state index in [4.69, 9.17) is 4.74 Å². The van der Waals surface area contributed by atoms with Crippen LogP contribution in [-0.2, 0) is 16.1 Å². The van der Waals surface area contributed by atoms with Crippen LogP contribution in [0.25, 0.3) is 5.57 Å². The third-order valence-electron chi connectivity index (χ3n) is 6.46. The molecule has 0 aromatic heterocycles. The molecule has 33 heavy (non-hydrogen) atoms. The molecule has 1 aliphatic carbocycles. The van der Waals surface area contributed by atoms with Crippen LogP contribution in [0, 0.1) is 0 Å². The van der Waals surface area contributed by atoms with E-state index >= 15 is 0 Å². The van der Waals surface area contributed by atoms with Gasteiger partial charge in [0.2, 0.25) is 0 Å². The topological polar surface area (TPSA) is 49.9 Å². The van der Waals surface area contributed by atoms with Crippen LogP contribution in [0.1, 0.15) is 64.0 Å². The quantitative estimate of drug-likeness (QED) is 0.509. The number of carbonyl (C=O) groups is 2. The molecule has 0 spiro atoms. The van der Waals surface area contributed by atoms with E-state index in [-0.39, 0.29) is 24.0 Å². The summed E-state index contributed by atoms with van der Waals surface area (Å²) in [5.74, 6) is 0.446. The van der Waals surface area contributed by atoms with E-state index in [0.29, 0.717) is 24.4 Å². The van der Waals surface area contributed by atoms with E-state index in [0.717, 1.165) is 42.6 Å². The van der Waals surface area contributed by atoms with Crippen LogP contribution in [0.4, 0.5) is 0 Å². The lowest BCUT2D eigenvalue weighted by Crippen LogP contribution is -2.43. The van der Waals surface area contributed by atoms with Crippen LogP contribution < -0.4 is 4.74 Å². The fourth-order valence-electron chi connectivity index (χ4n) is 4.88. The summed E-state index contributed by atoms with van der Waals surface area (Å²) < 4.78 is 5.78. The predicted molar refractivity (Wildman–Crippen MR) is 130 cm³/mol. The maximum atomic E-state index is 13.8. The molecule has 5 heteroatoms. The Morgan fingerprint density at radius 1 is 0.939 bits per heavy atom. The Kier molecular flexibility index (Phi) is 7.17. The fraction of sp³-hybridized carbons (Fsp3) is 0.429. The van der Waals surface area contributed by atoms with Crippen LogP contribution in [-0.4, -0.2) is 40.3 Å². The Morgan fingerprint density at radius 2 is 1.61 bits per heavy atom. The lowest BCUT2D eigenvalue weighted by Gasteiger charge is -2.31. The summed E-state index contributed by atoms with van der Waals surface area (Å²) in [6.07, 6.45) is 5.16. The minimum atomic E-state index is -0.161. The molecule has 1 fully saturated rings. The molecule has 2 amide bonds. The molecule has 1 saturated carbocycles. The van der Waals surface area contributed by atoms with Crippen LogP contribution >= 0.6 is 0 Å². The average Bonchev–Trinajstić information content (AvgIpc) is 3.08. The van der Waals surface area contributed by atoms with Crippen molar-refractivity contribution in [2.75, 3.05) is 6.54 Å². The van der Waals surface area contributed by atoms with E-state index in [1.807, 2.05) is 68.1 Å². The minimum Gasteiger partial charge on any atom is -0.491 e. The molecule has 174 valence electrons. The highest BCUT2D eigenvalue weighted by Gasteiger charge is 2.44. The summed E-state index contributed by atoms with van der Waals surface area (Å²) in [5, 5.41) is 0.